The van der Waals surface area contributed by atoms with Crippen LogP contribution < -0.4 is 5.32 Å². The Kier molecular flexibility index (Phi) is 6.52. The predicted octanol–water partition coefficient (Wildman–Crippen LogP) is 3.23. The van der Waals surface area contributed by atoms with Crippen LogP contribution in [-0.2, 0) is 5.41 Å². The number of carbonyl (C=O) groups excluding carboxylic acids is 2. The zero-order valence-electron chi connectivity index (χ0n) is 16.9. The molecule has 0 atom stereocenters. The van der Waals surface area contributed by atoms with Gasteiger partial charge in [-0.1, -0.05) is 32.9 Å². The first-order valence-electron chi connectivity index (χ1n) is 9.77. The highest BCUT2D eigenvalue weighted by Crippen LogP contribution is 2.22. The monoisotopic (exact) mass is 399 g/mol. The van der Waals surface area contributed by atoms with Gasteiger partial charge in [-0.2, -0.15) is 11.3 Å². The number of thiophene rings is 1. The Bertz CT molecular complexity index is 786. The van der Waals surface area contributed by atoms with Gasteiger partial charge < -0.3 is 10.2 Å². The Hall–Kier alpha value is -2.18. The summed E-state index contributed by atoms with van der Waals surface area (Å²) in [6.07, 6.45) is 0. The lowest BCUT2D eigenvalue weighted by atomic mass is 9.86. The van der Waals surface area contributed by atoms with Crippen molar-refractivity contribution in [2.24, 2.45) is 0 Å². The van der Waals surface area contributed by atoms with E-state index in [-0.39, 0.29) is 17.2 Å². The summed E-state index contributed by atoms with van der Waals surface area (Å²) in [4.78, 5) is 28.9. The number of amides is 2. The second-order valence-corrected chi connectivity index (χ2v) is 9.01. The van der Waals surface area contributed by atoms with E-state index in [4.69, 9.17) is 0 Å². The van der Waals surface area contributed by atoms with E-state index in [1.165, 1.54) is 16.9 Å². The molecule has 0 radical (unpaired) electrons. The number of hydrogen-bond donors (Lipinski definition) is 1. The first-order valence-corrected chi connectivity index (χ1v) is 10.7. The van der Waals surface area contributed by atoms with E-state index < -0.39 is 0 Å². The Balaban J connectivity index is 1.43. The zero-order valence-corrected chi connectivity index (χ0v) is 17.7. The molecule has 1 aliphatic heterocycles. The molecule has 0 aliphatic carbocycles. The fraction of sp³-hybridized carbons (Fsp3) is 0.455. The minimum Gasteiger partial charge on any atom is -0.351 e. The van der Waals surface area contributed by atoms with E-state index in [0.29, 0.717) is 6.54 Å². The number of benzene rings is 1. The first kappa shape index (κ1) is 20.6. The van der Waals surface area contributed by atoms with Crippen molar-refractivity contribution in [1.82, 2.24) is 15.1 Å². The Morgan fingerprint density at radius 3 is 2.25 bits per heavy atom. The molecule has 1 N–H and O–H groups in total. The molecule has 0 saturated carbocycles. The van der Waals surface area contributed by atoms with Gasteiger partial charge in [-0.05, 0) is 34.6 Å². The normalized spacial score (nSPS) is 15.5. The average Bonchev–Trinajstić information content (AvgIpc) is 3.22. The minimum atomic E-state index is -0.0197. The molecule has 2 heterocycles. The summed E-state index contributed by atoms with van der Waals surface area (Å²) in [5, 5.41) is 6.71. The van der Waals surface area contributed by atoms with E-state index >= 15 is 0 Å². The van der Waals surface area contributed by atoms with Crippen molar-refractivity contribution in [2.75, 3.05) is 39.3 Å². The largest absolute Gasteiger partial charge is 0.351 e. The first-order chi connectivity index (χ1) is 13.3. The summed E-state index contributed by atoms with van der Waals surface area (Å²) >= 11 is 1.52. The van der Waals surface area contributed by atoms with Crippen molar-refractivity contribution < 1.29 is 9.59 Å². The lowest BCUT2D eigenvalue weighted by molar-refractivity contribution is 0.0638. The van der Waals surface area contributed by atoms with Gasteiger partial charge in [-0.25, -0.2) is 0 Å². The fourth-order valence-corrected chi connectivity index (χ4v) is 3.93. The summed E-state index contributed by atoms with van der Waals surface area (Å²) in [5.41, 5.74) is 2.80. The summed E-state index contributed by atoms with van der Waals surface area (Å²) in [5.74, 6) is 0.0830. The van der Waals surface area contributed by atoms with Crippen LogP contribution in [0.1, 0.15) is 47.1 Å². The van der Waals surface area contributed by atoms with Crippen LogP contribution in [-0.4, -0.2) is 60.9 Å². The molecule has 3 rings (SSSR count). The highest BCUT2D eigenvalue weighted by molar-refractivity contribution is 7.08. The molecule has 2 aromatic rings. The fourth-order valence-electron chi connectivity index (χ4n) is 3.29. The van der Waals surface area contributed by atoms with Gasteiger partial charge in [0.25, 0.3) is 11.8 Å². The summed E-state index contributed by atoms with van der Waals surface area (Å²) in [7, 11) is 0. The van der Waals surface area contributed by atoms with Crippen molar-refractivity contribution in [3.8, 4) is 0 Å². The molecule has 1 aromatic heterocycles. The topological polar surface area (TPSA) is 52.7 Å². The average molecular weight is 400 g/mol. The Morgan fingerprint density at radius 2 is 1.68 bits per heavy atom. The van der Waals surface area contributed by atoms with Crippen LogP contribution >= 0.6 is 11.3 Å². The number of nitrogens with one attached hydrogen (secondary N) is 1. The lowest BCUT2D eigenvalue weighted by Gasteiger charge is -2.34. The van der Waals surface area contributed by atoms with Crippen molar-refractivity contribution in [2.45, 2.75) is 26.2 Å². The van der Waals surface area contributed by atoms with Gasteiger partial charge in [0.1, 0.15) is 0 Å². The molecular formula is C22H29N3O2S. The van der Waals surface area contributed by atoms with Crippen LogP contribution in [0.2, 0.25) is 0 Å². The maximum absolute atomic E-state index is 12.8. The van der Waals surface area contributed by atoms with Crippen LogP contribution in [0, 0.1) is 0 Å². The number of piperazine rings is 1. The van der Waals surface area contributed by atoms with Crippen molar-refractivity contribution in [1.29, 1.82) is 0 Å². The molecule has 1 aromatic carbocycles. The lowest BCUT2D eigenvalue weighted by Crippen LogP contribution is -2.50. The van der Waals surface area contributed by atoms with E-state index in [1.807, 2.05) is 33.9 Å². The van der Waals surface area contributed by atoms with Crippen molar-refractivity contribution in [3.63, 3.8) is 0 Å². The third-order valence-electron chi connectivity index (χ3n) is 5.15. The molecule has 0 unspecified atom stereocenters. The van der Waals surface area contributed by atoms with Crippen LogP contribution in [0.3, 0.4) is 0 Å². The zero-order chi connectivity index (χ0) is 20.1. The van der Waals surface area contributed by atoms with Gasteiger partial charge in [0.05, 0.1) is 0 Å². The SMILES string of the molecule is CC(C)(C)c1ccc(C(=O)N2CCN(CCNC(=O)c3ccsc3)CC2)cc1. The van der Waals surface area contributed by atoms with Gasteiger partial charge in [0.2, 0.25) is 0 Å². The standard InChI is InChI=1S/C22H29N3O2S/c1-22(2,3)19-6-4-17(5-7-19)21(27)25-13-11-24(12-14-25)10-9-23-20(26)18-8-15-28-16-18/h4-8,15-16H,9-14H2,1-3H3,(H,23,26). The number of carbonyl (C=O) groups is 2. The van der Waals surface area contributed by atoms with Crippen LogP contribution in [0.5, 0.6) is 0 Å². The van der Waals surface area contributed by atoms with Gasteiger partial charge in [0.15, 0.2) is 0 Å². The summed E-state index contributed by atoms with van der Waals surface area (Å²) < 4.78 is 0. The van der Waals surface area contributed by atoms with E-state index in [0.717, 1.165) is 43.9 Å². The summed E-state index contributed by atoms with van der Waals surface area (Å²) in [6, 6.07) is 9.82. The highest BCUT2D eigenvalue weighted by Gasteiger charge is 2.22. The maximum atomic E-state index is 12.8. The van der Waals surface area contributed by atoms with E-state index in [2.05, 4.69) is 43.1 Å². The van der Waals surface area contributed by atoms with Crippen molar-refractivity contribution >= 4 is 23.2 Å². The third-order valence-corrected chi connectivity index (χ3v) is 5.84. The molecule has 1 saturated heterocycles. The quantitative estimate of drug-likeness (QED) is 0.840. The second kappa shape index (κ2) is 8.88. The molecule has 150 valence electrons. The molecule has 1 aliphatic rings. The molecule has 6 heteroatoms. The van der Waals surface area contributed by atoms with Gasteiger partial charge >= 0.3 is 0 Å². The minimum absolute atomic E-state index is 0.0197. The predicted molar refractivity (Wildman–Crippen MR) is 114 cm³/mol. The molecular weight excluding hydrogens is 370 g/mol. The molecule has 1 fully saturated rings. The smallest absolute Gasteiger partial charge is 0.253 e. The summed E-state index contributed by atoms with van der Waals surface area (Å²) in [6.45, 7) is 11.1. The molecule has 28 heavy (non-hydrogen) atoms. The third kappa shape index (κ3) is 5.20. The molecule has 0 spiro atoms. The Morgan fingerprint density at radius 1 is 1.00 bits per heavy atom. The molecule has 2 amide bonds. The van der Waals surface area contributed by atoms with Crippen LogP contribution in [0.15, 0.2) is 41.1 Å². The highest BCUT2D eigenvalue weighted by atomic mass is 32.1. The van der Waals surface area contributed by atoms with E-state index in [9.17, 15) is 9.59 Å². The molecule has 5 nitrogen and oxygen atoms in total. The van der Waals surface area contributed by atoms with E-state index in [1.54, 1.807) is 0 Å². The second-order valence-electron chi connectivity index (χ2n) is 8.23. The Labute approximate surface area is 171 Å². The number of hydrogen-bond acceptors (Lipinski definition) is 4. The van der Waals surface area contributed by atoms with Gasteiger partial charge in [-0.3, -0.25) is 14.5 Å². The van der Waals surface area contributed by atoms with Crippen LogP contribution in [0.4, 0.5) is 0 Å². The number of rotatable bonds is 5. The van der Waals surface area contributed by atoms with Gasteiger partial charge in [-0.15, -0.1) is 0 Å². The van der Waals surface area contributed by atoms with Crippen molar-refractivity contribution in [3.05, 3.63) is 57.8 Å². The number of nitrogens with zero attached hydrogens (tertiary/aromatic N) is 2. The van der Waals surface area contributed by atoms with Crippen LogP contribution in [0.25, 0.3) is 0 Å². The van der Waals surface area contributed by atoms with Gasteiger partial charge in [0, 0.05) is 55.8 Å². The molecule has 0 bridgehead atoms. The maximum Gasteiger partial charge on any atom is 0.253 e.